The number of nitrogens with zero attached hydrogens (tertiary/aromatic N) is 1. The lowest BCUT2D eigenvalue weighted by Crippen LogP contribution is -2.45. The number of carbonyl (C=O) groups is 2. The number of morpholine rings is 1. The van der Waals surface area contributed by atoms with Crippen LogP contribution in [0.25, 0.3) is 0 Å². The molecule has 152 valence electrons. The van der Waals surface area contributed by atoms with Crippen molar-refractivity contribution in [2.45, 2.75) is 25.5 Å². The van der Waals surface area contributed by atoms with Crippen LogP contribution in [0.5, 0.6) is 0 Å². The molecule has 1 aromatic rings. The van der Waals surface area contributed by atoms with Crippen molar-refractivity contribution < 1.29 is 14.3 Å². The van der Waals surface area contributed by atoms with E-state index in [1.165, 1.54) is 0 Å². The second-order valence-corrected chi connectivity index (χ2v) is 6.73. The lowest BCUT2D eigenvalue weighted by atomic mass is 9.97. The van der Waals surface area contributed by atoms with Gasteiger partial charge in [-0.05, 0) is 37.1 Å². The highest BCUT2D eigenvalue weighted by atomic mass is 35.5. The van der Waals surface area contributed by atoms with Gasteiger partial charge in [0.1, 0.15) is 6.10 Å². The van der Waals surface area contributed by atoms with Crippen LogP contribution in [0.4, 0.5) is 5.69 Å². The van der Waals surface area contributed by atoms with Gasteiger partial charge in [-0.15, -0.1) is 24.8 Å². The number of nitrogens with one attached hydrogen (secondary N) is 2. The predicted octanol–water partition coefficient (Wildman–Crippen LogP) is 1.15. The van der Waals surface area contributed by atoms with E-state index in [9.17, 15) is 9.59 Å². The molecule has 2 aliphatic heterocycles. The zero-order valence-electron chi connectivity index (χ0n) is 15.2. The van der Waals surface area contributed by atoms with E-state index < -0.39 is 6.10 Å². The van der Waals surface area contributed by atoms with Crippen LogP contribution < -0.4 is 16.4 Å². The quantitative estimate of drug-likeness (QED) is 0.666. The summed E-state index contributed by atoms with van der Waals surface area (Å²) in [6.07, 6.45) is 1.44. The van der Waals surface area contributed by atoms with Crippen molar-refractivity contribution in [3.8, 4) is 0 Å². The largest absolute Gasteiger partial charge is 0.369 e. The van der Waals surface area contributed by atoms with Gasteiger partial charge < -0.3 is 21.1 Å². The molecule has 1 aromatic carbocycles. The first-order valence-electron chi connectivity index (χ1n) is 8.85. The van der Waals surface area contributed by atoms with Crippen LogP contribution in [0.15, 0.2) is 24.3 Å². The first-order valence-corrected chi connectivity index (χ1v) is 8.85. The molecule has 2 saturated heterocycles. The predicted molar refractivity (Wildman–Crippen MR) is 109 cm³/mol. The van der Waals surface area contributed by atoms with Gasteiger partial charge in [-0.25, -0.2) is 0 Å². The topological polar surface area (TPSA) is 96.7 Å². The molecule has 2 atom stereocenters. The van der Waals surface area contributed by atoms with Gasteiger partial charge in [0.2, 0.25) is 5.91 Å². The van der Waals surface area contributed by atoms with E-state index in [1.54, 1.807) is 0 Å². The van der Waals surface area contributed by atoms with E-state index in [2.05, 4.69) is 15.5 Å². The van der Waals surface area contributed by atoms with Crippen LogP contribution in [0.3, 0.4) is 0 Å². The Kier molecular flexibility index (Phi) is 10.0. The van der Waals surface area contributed by atoms with Gasteiger partial charge in [-0.1, -0.05) is 12.1 Å². The molecule has 9 heteroatoms. The number of anilines is 1. The van der Waals surface area contributed by atoms with Crippen molar-refractivity contribution >= 4 is 42.3 Å². The van der Waals surface area contributed by atoms with E-state index in [1.807, 2.05) is 24.3 Å². The number of likely N-dealkylation sites (tertiary alicyclic amines) is 1. The lowest BCUT2D eigenvalue weighted by molar-refractivity contribution is -0.128. The number of hydrogen-bond acceptors (Lipinski definition) is 5. The fraction of sp³-hybridized carbons (Fsp3) is 0.556. The third-order valence-corrected chi connectivity index (χ3v) is 4.76. The van der Waals surface area contributed by atoms with E-state index in [0.717, 1.165) is 50.3 Å². The fourth-order valence-electron chi connectivity index (χ4n) is 3.34. The summed E-state index contributed by atoms with van der Waals surface area (Å²) in [6, 6.07) is 7.81. The molecule has 0 aromatic heterocycles. The van der Waals surface area contributed by atoms with Crippen molar-refractivity contribution in [3.05, 3.63) is 29.8 Å². The molecule has 7 nitrogen and oxygen atoms in total. The Balaban J connectivity index is 0.00000182. The highest BCUT2D eigenvalue weighted by molar-refractivity contribution is 5.94. The molecule has 0 aliphatic carbocycles. The minimum Gasteiger partial charge on any atom is -0.369 e. The van der Waals surface area contributed by atoms with Crippen molar-refractivity contribution in [3.63, 3.8) is 0 Å². The fourth-order valence-corrected chi connectivity index (χ4v) is 3.34. The molecular formula is C18H28Cl2N4O3. The molecule has 0 bridgehead atoms. The molecule has 0 saturated carbocycles. The van der Waals surface area contributed by atoms with Crippen LogP contribution in [0.1, 0.15) is 18.4 Å². The molecule has 2 amide bonds. The highest BCUT2D eigenvalue weighted by Crippen LogP contribution is 2.19. The van der Waals surface area contributed by atoms with Crippen LogP contribution >= 0.6 is 24.8 Å². The van der Waals surface area contributed by atoms with Gasteiger partial charge in [0.05, 0.1) is 12.5 Å². The zero-order chi connectivity index (χ0) is 17.6. The first kappa shape index (κ1) is 23.7. The molecular weight excluding hydrogens is 391 g/mol. The van der Waals surface area contributed by atoms with Gasteiger partial charge in [-0.2, -0.15) is 0 Å². The number of carbonyl (C=O) groups excluding carboxylic acids is 2. The average Bonchev–Trinajstić information content (AvgIpc) is 2.64. The Morgan fingerprint density at radius 3 is 2.63 bits per heavy atom. The van der Waals surface area contributed by atoms with Crippen LogP contribution in [0.2, 0.25) is 0 Å². The second-order valence-electron chi connectivity index (χ2n) is 6.73. The standard InChI is InChI=1S/C18H26N4O3.2ClH/c19-17(23)14-2-1-8-22(12-14)11-13-3-5-15(6-4-13)21-18(24)16-10-20-7-9-25-16;;/h3-6,14,16,20H,1-2,7-12H2,(H2,19,23)(H,21,24);2*1H. The summed E-state index contributed by atoms with van der Waals surface area (Å²) in [6.45, 7) is 4.37. The number of rotatable bonds is 5. The van der Waals surface area contributed by atoms with E-state index >= 15 is 0 Å². The van der Waals surface area contributed by atoms with Gasteiger partial charge >= 0.3 is 0 Å². The van der Waals surface area contributed by atoms with Crippen molar-refractivity contribution in [1.82, 2.24) is 10.2 Å². The number of amides is 2. The lowest BCUT2D eigenvalue weighted by Gasteiger charge is -2.31. The van der Waals surface area contributed by atoms with Gasteiger partial charge in [0.15, 0.2) is 0 Å². The summed E-state index contributed by atoms with van der Waals surface area (Å²) in [5, 5.41) is 6.03. The molecule has 3 rings (SSSR count). The number of nitrogens with two attached hydrogens (primary N) is 1. The Hall–Kier alpha value is -1.38. The average molecular weight is 419 g/mol. The number of benzene rings is 1. The van der Waals surface area contributed by atoms with E-state index in [-0.39, 0.29) is 42.5 Å². The number of hydrogen-bond donors (Lipinski definition) is 3. The normalized spacial score (nSPS) is 22.8. The highest BCUT2D eigenvalue weighted by Gasteiger charge is 2.24. The maximum atomic E-state index is 12.1. The third kappa shape index (κ3) is 6.93. The molecule has 2 fully saturated rings. The minimum absolute atomic E-state index is 0. The summed E-state index contributed by atoms with van der Waals surface area (Å²) in [5.74, 6) is -0.376. The van der Waals surface area contributed by atoms with E-state index in [4.69, 9.17) is 10.5 Å². The Morgan fingerprint density at radius 2 is 2.00 bits per heavy atom. The van der Waals surface area contributed by atoms with E-state index in [0.29, 0.717) is 13.2 Å². The SMILES string of the molecule is Cl.Cl.NC(=O)C1CCCN(Cc2ccc(NC(=O)C3CNCCO3)cc2)C1. The maximum Gasteiger partial charge on any atom is 0.254 e. The molecule has 4 N–H and O–H groups in total. The van der Waals surface area contributed by atoms with Crippen molar-refractivity contribution in [2.24, 2.45) is 11.7 Å². The number of ether oxygens (including phenoxy) is 1. The third-order valence-electron chi connectivity index (χ3n) is 4.76. The van der Waals surface area contributed by atoms with Crippen molar-refractivity contribution in [2.75, 3.05) is 38.1 Å². The number of halogens is 2. The van der Waals surface area contributed by atoms with Gasteiger partial charge in [0, 0.05) is 31.9 Å². The Morgan fingerprint density at radius 1 is 1.26 bits per heavy atom. The minimum atomic E-state index is -0.437. The Labute approximate surface area is 172 Å². The summed E-state index contributed by atoms with van der Waals surface area (Å²) in [5.41, 5.74) is 7.34. The van der Waals surface area contributed by atoms with Crippen molar-refractivity contribution in [1.29, 1.82) is 0 Å². The Bertz CT molecular complexity index is 609. The summed E-state index contributed by atoms with van der Waals surface area (Å²) < 4.78 is 5.45. The molecule has 2 heterocycles. The molecule has 2 unspecified atom stereocenters. The smallest absolute Gasteiger partial charge is 0.254 e. The van der Waals surface area contributed by atoms with Crippen LogP contribution in [-0.4, -0.2) is 55.6 Å². The number of primary amides is 1. The zero-order valence-corrected chi connectivity index (χ0v) is 16.8. The summed E-state index contributed by atoms with van der Waals surface area (Å²) in [7, 11) is 0. The van der Waals surface area contributed by atoms with Crippen LogP contribution in [-0.2, 0) is 20.9 Å². The molecule has 2 aliphatic rings. The monoisotopic (exact) mass is 418 g/mol. The first-order chi connectivity index (χ1) is 12.1. The van der Waals surface area contributed by atoms with Gasteiger partial charge in [-0.3, -0.25) is 14.5 Å². The molecule has 0 radical (unpaired) electrons. The molecule has 27 heavy (non-hydrogen) atoms. The summed E-state index contributed by atoms with van der Waals surface area (Å²) in [4.78, 5) is 25.8. The summed E-state index contributed by atoms with van der Waals surface area (Å²) >= 11 is 0. The maximum absolute atomic E-state index is 12.1. The van der Waals surface area contributed by atoms with Gasteiger partial charge in [0.25, 0.3) is 5.91 Å². The van der Waals surface area contributed by atoms with Crippen LogP contribution in [0, 0.1) is 5.92 Å². The molecule has 0 spiro atoms. The second kappa shape index (κ2) is 11.5. The number of piperidine rings is 1.